The van der Waals surface area contributed by atoms with Gasteiger partial charge >= 0.3 is 0 Å². The van der Waals surface area contributed by atoms with Crippen LogP contribution in [0.25, 0.3) is 5.76 Å². The number of ether oxygens (including phenoxy) is 1. The Morgan fingerprint density at radius 3 is 2.76 bits per heavy atom. The average Bonchev–Trinajstić information content (AvgIpc) is 2.86. The Balaban J connectivity index is 2.32. The maximum atomic E-state index is 5.55. The summed E-state index contributed by atoms with van der Waals surface area (Å²) in [6.07, 6.45) is 11.3. The molecule has 1 rings (SSSR count). The SMILES string of the molecule is CCCCCCCC=C(OCC)c1cn[nH]n1. The van der Waals surface area contributed by atoms with Crippen molar-refractivity contribution in [3.63, 3.8) is 0 Å². The van der Waals surface area contributed by atoms with Crippen LogP contribution >= 0.6 is 0 Å². The zero-order chi connectivity index (χ0) is 12.3. The van der Waals surface area contributed by atoms with Crippen molar-refractivity contribution in [2.24, 2.45) is 0 Å². The summed E-state index contributed by atoms with van der Waals surface area (Å²) >= 11 is 0. The van der Waals surface area contributed by atoms with Gasteiger partial charge in [0.1, 0.15) is 11.5 Å². The first-order valence-electron chi connectivity index (χ1n) is 6.57. The molecule has 0 saturated carbocycles. The predicted octanol–water partition coefficient (Wildman–Crippen LogP) is 3.54. The molecule has 0 aromatic carbocycles. The minimum absolute atomic E-state index is 0.661. The van der Waals surface area contributed by atoms with Crippen LogP contribution in [-0.2, 0) is 4.74 Å². The molecule has 0 aliphatic carbocycles. The maximum Gasteiger partial charge on any atom is 0.147 e. The summed E-state index contributed by atoms with van der Waals surface area (Å²) in [4.78, 5) is 0. The molecular formula is C13H23N3O. The van der Waals surface area contributed by atoms with Gasteiger partial charge in [0.15, 0.2) is 0 Å². The monoisotopic (exact) mass is 237 g/mol. The number of allylic oxidation sites excluding steroid dienone is 1. The van der Waals surface area contributed by atoms with Crippen molar-refractivity contribution in [3.8, 4) is 0 Å². The lowest BCUT2D eigenvalue weighted by molar-refractivity contribution is 0.295. The molecule has 0 amide bonds. The lowest BCUT2D eigenvalue weighted by atomic mass is 10.1. The lowest BCUT2D eigenvalue weighted by Gasteiger charge is -2.05. The largest absolute Gasteiger partial charge is 0.492 e. The Morgan fingerprint density at radius 2 is 2.12 bits per heavy atom. The summed E-state index contributed by atoms with van der Waals surface area (Å²) in [5.74, 6) is 0.844. The Bertz CT molecular complexity index is 306. The Labute approximate surface area is 103 Å². The third-order valence-electron chi connectivity index (χ3n) is 2.60. The van der Waals surface area contributed by atoms with Crippen LogP contribution in [0.1, 0.15) is 58.1 Å². The van der Waals surface area contributed by atoms with Gasteiger partial charge in [-0.1, -0.05) is 32.6 Å². The minimum Gasteiger partial charge on any atom is -0.492 e. The zero-order valence-corrected chi connectivity index (χ0v) is 10.9. The fourth-order valence-corrected chi connectivity index (χ4v) is 1.69. The van der Waals surface area contributed by atoms with Crippen LogP contribution in [0, 0.1) is 0 Å². The van der Waals surface area contributed by atoms with Crippen molar-refractivity contribution in [3.05, 3.63) is 18.0 Å². The van der Waals surface area contributed by atoms with E-state index in [-0.39, 0.29) is 0 Å². The van der Waals surface area contributed by atoms with Gasteiger partial charge in [-0.3, -0.25) is 0 Å². The second-order valence-corrected chi connectivity index (χ2v) is 4.06. The lowest BCUT2D eigenvalue weighted by Crippen LogP contribution is -1.92. The van der Waals surface area contributed by atoms with Gasteiger partial charge in [0, 0.05) is 0 Å². The van der Waals surface area contributed by atoms with Gasteiger partial charge in [-0.2, -0.15) is 15.4 Å². The standard InChI is InChI=1S/C13H23N3O/c1-3-5-6-7-8-9-10-13(17-4-2)12-11-14-16-15-12/h10-11H,3-9H2,1-2H3,(H,14,15,16). The number of nitrogens with zero attached hydrogens (tertiary/aromatic N) is 2. The van der Waals surface area contributed by atoms with E-state index in [1.807, 2.05) is 6.92 Å². The fourth-order valence-electron chi connectivity index (χ4n) is 1.69. The quantitative estimate of drug-likeness (QED) is 0.528. The van der Waals surface area contributed by atoms with Gasteiger partial charge in [-0.05, 0) is 25.8 Å². The molecule has 0 spiro atoms. The molecule has 4 nitrogen and oxygen atoms in total. The van der Waals surface area contributed by atoms with Crippen molar-refractivity contribution < 1.29 is 4.74 Å². The molecule has 0 atom stereocenters. The smallest absolute Gasteiger partial charge is 0.147 e. The van der Waals surface area contributed by atoms with Crippen LogP contribution in [0.3, 0.4) is 0 Å². The van der Waals surface area contributed by atoms with E-state index in [4.69, 9.17) is 4.74 Å². The Kier molecular flexibility index (Phi) is 7.11. The van der Waals surface area contributed by atoms with E-state index in [1.165, 1.54) is 32.1 Å². The van der Waals surface area contributed by atoms with Crippen LogP contribution in [0.4, 0.5) is 0 Å². The molecule has 0 unspecified atom stereocenters. The number of aromatic nitrogens is 3. The fraction of sp³-hybridized carbons (Fsp3) is 0.692. The highest BCUT2D eigenvalue weighted by Crippen LogP contribution is 2.14. The highest BCUT2D eigenvalue weighted by Gasteiger charge is 2.04. The molecule has 1 aromatic rings. The van der Waals surface area contributed by atoms with E-state index < -0.39 is 0 Å². The van der Waals surface area contributed by atoms with E-state index in [1.54, 1.807) is 6.20 Å². The number of H-pyrrole nitrogens is 1. The molecule has 4 heteroatoms. The second-order valence-electron chi connectivity index (χ2n) is 4.06. The summed E-state index contributed by atoms with van der Waals surface area (Å²) in [5.41, 5.74) is 0.792. The molecule has 1 heterocycles. The van der Waals surface area contributed by atoms with Gasteiger partial charge < -0.3 is 4.74 Å². The third-order valence-corrected chi connectivity index (χ3v) is 2.60. The molecule has 0 bridgehead atoms. The van der Waals surface area contributed by atoms with Gasteiger partial charge in [0.05, 0.1) is 12.8 Å². The average molecular weight is 237 g/mol. The number of nitrogens with one attached hydrogen (secondary N) is 1. The first-order valence-corrected chi connectivity index (χ1v) is 6.57. The maximum absolute atomic E-state index is 5.55. The number of rotatable bonds is 9. The van der Waals surface area contributed by atoms with E-state index >= 15 is 0 Å². The van der Waals surface area contributed by atoms with Crippen LogP contribution in [0.2, 0.25) is 0 Å². The summed E-state index contributed by atoms with van der Waals surface area (Å²) < 4.78 is 5.55. The van der Waals surface area contributed by atoms with Gasteiger partial charge in [0.2, 0.25) is 0 Å². The number of hydrogen-bond donors (Lipinski definition) is 1. The van der Waals surface area contributed by atoms with Crippen molar-refractivity contribution in [1.29, 1.82) is 0 Å². The van der Waals surface area contributed by atoms with Crippen LogP contribution in [0.15, 0.2) is 12.3 Å². The first-order chi connectivity index (χ1) is 8.38. The van der Waals surface area contributed by atoms with Crippen molar-refractivity contribution in [1.82, 2.24) is 15.4 Å². The number of aromatic amines is 1. The van der Waals surface area contributed by atoms with E-state index in [2.05, 4.69) is 28.4 Å². The second kappa shape index (κ2) is 8.79. The predicted molar refractivity (Wildman–Crippen MR) is 69.4 cm³/mol. The van der Waals surface area contributed by atoms with Crippen LogP contribution in [-0.4, -0.2) is 22.0 Å². The normalized spacial score (nSPS) is 11.8. The highest BCUT2D eigenvalue weighted by molar-refractivity contribution is 5.54. The Morgan fingerprint density at radius 1 is 1.29 bits per heavy atom. The van der Waals surface area contributed by atoms with Gasteiger partial charge in [-0.25, -0.2) is 0 Å². The van der Waals surface area contributed by atoms with Crippen LogP contribution < -0.4 is 0 Å². The summed E-state index contributed by atoms with van der Waals surface area (Å²) in [7, 11) is 0. The number of hydrogen-bond acceptors (Lipinski definition) is 3. The summed E-state index contributed by atoms with van der Waals surface area (Å²) in [6, 6.07) is 0. The molecule has 1 N–H and O–H groups in total. The molecular weight excluding hydrogens is 214 g/mol. The van der Waals surface area contributed by atoms with Gasteiger partial charge in [-0.15, -0.1) is 0 Å². The Hall–Kier alpha value is -1.32. The molecule has 0 fully saturated rings. The minimum atomic E-state index is 0.661. The molecule has 96 valence electrons. The molecule has 1 aromatic heterocycles. The topological polar surface area (TPSA) is 50.8 Å². The zero-order valence-electron chi connectivity index (χ0n) is 10.9. The third kappa shape index (κ3) is 5.52. The summed E-state index contributed by atoms with van der Waals surface area (Å²) in [6.45, 7) is 4.88. The molecule has 0 radical (unpaired) electrons. The van der Waals surface area contributed by atoms with Crippen molar-refractivity contribution >= 4 is 5.76 Å². The van der Waals surface area contributed by atoms with Crippen molar-refractivity contribution in [2.45, 2.75) is 52.4 Å². The van der Waals surface area contributed by atoms with E-state index in [0.29, 0.717) is 6.61 Å². The van der Waals surface area contributed by atoms with E-state index in [0.717, 1.165) is 17.9 Å². The molecule has 0 aliphatic rings. The summed E-state index contributed by atoms with van der Waals surface area (Å²) in [5, 5.41) is 10.4. The highest BCUT2D eigenvalue weighted by atomic mass is 16.5. The first kappa shape index (κ1) is 13.7. The van der Waals surface area contributed by atoms with E-state index in [9.17, 15) is 0 Å². The molecule has 17 heavy (non-hydrogen) atoms. The molecule has 0 aliphatic heterocycles. The van der Waals surface area contributed by atoms with Crippen LogP contribution in [0.5, 0.6) is 0 Å². The van der Waals surface area contributed by atoms with Crippen molar-refractivity contribution in [2.75, 3.05) is 6.61 Å². The van der Waals surface area contributed by atoms with Gasteiger partial charge in [0.25, 0.3) is 0 Å². The number of unbranched alkanes of at least 4 members (excludes halogenated alkanes) is 5. The molecule has 0 saturated heterocycles.